The van der Waals surface area contributed by atoms with Crippen molar-refractivity contribution in [3.8, 4) is 0 Å². The first-order chi connectivity index (χ1) is 7.19. The molecule has 1 rings (SSSR count). The van der Waals surface area contributed by atoms with Crippen molar-refractivity contribution in [1.29, 1.82) is 0 Å². The molecule has 15 heavy (non-hydrogen) atoms. The molecule has 1 aromatic rings. The molecule has 0 aliphatic rings. The Morgan fingerprint density at radius 3 is 2.27 bits per heavy atom. The number of hydrogen-bond donors (Lipinski definition) is 1. The van der Waals surface area contributed by atoms with Crippen molar-refractivity contribution in [2.45, 2.75) is 26.7 Å². The van der Waals surface area contributed by atoms with E-state index >= 15 is 0 Å². The fourth-order valence-electron chi connectivity index (χ4n) is 1.93. The molecule has 2 N–H and O–H groups in total. The van der Waals surface area contributed by atoms with E-state index in [9.17, 15) is 0 Å². The minimum Gasteiger partial charge on any atom is -0.399 e. The highest BCUT2D eigenvalue weighted by molar-refractivity contribution is 6.36. The average Bonchev–Trinajstić information content (AvgIpc) is 2.17. The molecule has 0 bridgehead atoms. The van der Waals surface area contributed by atoms with Gasteiger partial charge in [0.25, 0.3) is 0 Å². The van der Waals surface area contributed by atoms with Gasteiger partial charge in [0.2, 0.25) is 0 Å². The second kappa shape index (κ2) is 5.69. The largest absolute Gasteiger partial charge is 0.399 e. The molecule has 0 unspecified atom stereocenters. The van der Waals surface area contributed by atoms with Crippen LogP contribution in [0.1, 0.15) is 26.7 Å². The van der Waals surface area contributed by atoms with Gasteiger partial charge in [-0.25, -0.2) is 0 Å². The standard InChI is InChI=1S/C12H21BN2/c1-3-7-15(8-4-2)12-6-5-10(14)9-11(12)13/h5-6,9H,3-4,7-8,13-14H2,1-2H3. The van der Waals surface area contributed by atoms with Crippen molar-refractivity contribution in [2.75, 3.05) is 23.7 Å². The molecule has 1 aromatic carbocycles. The fraction of sp³-hybridized carbons (Fsp3) is 0.500. The predicted molar refractivity (Wildman–Crippen MR) is 71.8 cm³/mol. The van der Waals surface area contributed by atoms with Crippen molar-refractivity contribution >= 4 is 24.7 Å². The predicted octanol–water partition coefficient (Wildman–Crippen LogP) is 1.15. The molecule has 0 aliphatic heterocycles. The van der Waals surface area contributed by atoms with E-state index in [1.807, 2.05) is 12.1 Å². The molecule has 0 aromatic heterocycles. The molecule has 3 heteroatoms. The van der Waals surface area contributed by atoms with Crippen LogP contribution in [0, 0.1) is 0 Å². The molecule has 0 aliphatic carbocycles. The Hall–Kier alpha value is -1.12. The van der Waals surface area contributed by atoms with Crippen LogP contribution in [-0.2, 0) is 0 Å². The van der Waals surface area contributed by atoms with Crippen molar-refractivity contribution in [1.82, 2.24) is 0 Å². The molecule has 0 heterocycles. The number of benzene rings is 1. The molecule has 0 amide bonds. The summed E-state index contributed by atoms with van der Waals surface area (Å²) in [4.78, 5) is 2.44. The summed E-state index contributed by atoms with van der Waals surface area (Å²) in [6.45, 7) is 6.68. The fourth-order valence-corrected chi connectivity index (χ4v) is 1.93. The van der Waals surface area contributed by atoms with Gasteiger partial charge in [0.1, 0.15) is 7.85 Å². The van der Waals surface area contributed by atoms with Crippen molar-refractivity contribution in [3.63, 3.8) is 0 Å². The van der Waals surface area contributed by atoms with E-state index in [0.29, 0.717) is 0 Å². The summed E-state index contributed by atoms with van der Waals surface area (Å²) in [5.41, 5.74) is 9.21. The normalized spacial score (nSPS) is 10.3. The maximum atomic E-state index is 5.76. The molecule has 82 valence electrons. The lowest BCUT2D eigenvalue weighted by atomic mass is 9.92. The first-order valence-electron chi connectivity index (χ1n) is 5.80. The highest BCUT2D eigenvalue weighted by Crippen LogP contribution is 2.14. The van der Waals surface area contributed by atoms with E-state index < -0.39 is 0 Å². The molecule has 0 atom stereocenters. The lowest BCUT2D eigenvalue weighted by molar-refractivity contribution is 0.747. The van der Waals surface area contributed by atoms with Crippen LogP contribution >= 0.6 is 0 Å². The van der Waals surface area contributed by atoms with Crippen molar-refractivity contribution < 1.29 is 0 Å². The Bertz CT molecular complexity index is 306. The Morgan fingerprint density at radius 2 is 1.80 bits per heavy atom. The van der Waals surface area contributed by atoms with Gasteiger partial charge in [0.15, 0.2) is 0 Å². The van der Waals surface area contributed by atoms with Crippen LogP contribution in [0.5, 0.6) is 0 Å². The van der Waals surface area contributed by atoms with Gasteiger partial charge >= 0.3 is 0 Å². The Balaban J connectivity index is 2.89. The number of nitrogen functional groups attached to an aromatic ring is 1. The van der Waals surface area contributed by atoms with Gasteiger partial charge in [-0.05, 0) is 31.0 Å². The van der Waals surface area contributed by atoms with E-state index in [4.69, 9.17) is 5.73 Å². The second-order valence-corrected chi connectivity index (χ2v) is 4.03. The van der Waals surface area contributed by atoms with Gasteiger partial charge < -0.3 is 10.6 Å². The summed E-state index contributed by atoms with van der Waals surface area (Å²) < 4.78 is 0. The number of anilines is 2. The molecule has 0 fully saturated rings. The number of nitrogens with zero attached hydrogens (tertiary/aromatic N) is 1. The third kappa shape index (κ3) is 3.19. The van der Waals surface area contributed by atoms with Gasteiger partial charge in [-0.15, -0.1) is 0 Å². The lowest BCUT2D eigenvalue weighted by Crippen LogP contribution is -2.29. The third-order valence-corrected chi connectivity index (χ3v) is 2.55. The molecular formula is C12H21BN2. The molecule has 0 saturated heterocycles. The van der Waals surface area contributed by atoms with Crippen LogP contribution in [0.3, 0.4) is 0 Å². The summed E-state index contributed by atoms with van der Waals surface area (Å²) in [7, 11) is 2.13. The van der Waals surface area contributed by atoms with Crippen LogP contribution in [0.15, 0.2) is 18.2 Å². The number of nitrogens with two attached hydrogens (primary N) is 1. The van der Waals surface area contributed by atoms with Crippen LogP contribution < -0.4 is 16.1 Å². The monoisotopic (exact) mass is 204 g/mol. The van der Waals surface area contributed by atoms with Crippen molar-refractivity contribution in [2.24, 2.45) is 0 Å². The quantitative estimate of drug-likeness (QED) is 0.576. The maximum Gasteiger partial charge on any atom is 0.142 e. The molecule has 0 spiro atoms. The van der Waals surface area contributed by atoms with Gasteiger partial charge in [-0.1, -0.05) is 19.3 Å². The molecule has 2 nitrogen and oxygen atoms in total. The number of rotatable bonds is 5. The van der Waals surface area contributed by atoms with Gasteiger partial charge in [0, 0.05) is 24.5 Å². The van der Waals surface area contributed by atoms with Gasteiger partial charge in [-0.3, -0.25) is 0 Å². The minimum absolute atomic E-state index is 0.851. The van der Waals surface area contributed by atoms with E-state index in [1.54, 1.807) is 0 Å². The van der Waals surface area contributed by atoms with Gasteiger partial charge in [0.05, 0.1) is 0 Å². The van der Waals surface area contributed by atoms with Crippen molar-refractivity contribution in [3.05, 3.63) is 18.2 Å². The van der Waals surface area contributed by atoms with E-state index in [-0.39, 0.29) is 0 Å². The Morgan fingerprint density at radius 1 is 1.20 bits per heavy atom. The van der Waals surface area contributed by atoms with Crippen LogP contribution in [0.25, 0.3) is 0 Å². The van der Waals surface area contributed by atoms with E-state index in [0.717, 1.165) is 18.8 Å². The first-order valence-corrected chi connectivity index (χ1v) is 5.80. The SMILES string of the molecule is Bc1cc(N)ccc1N(CCC)CCC. The highest BCUT2D eigenvalue weighted by atomic mass is 15.1. The highest BCUT2D eigenvalue weighted by Gasteiger charge is 2.06. The average molecular weight is 204 g/mol. The van der Waals surface area contributed by atoms with Gasteiger partial charge in [-0.2, -0.15) is 0 Å². The summed E-state index contributed by atoms with van der Waals surface area (Å²) in [6.07, 6.45) is 2.37. The zero-order chi connectivity index (χ0) is 11.3. The maximum absolute atomic E-state index is 5.76. The zero-order valence-electron chi connectivity index (χ0n) is 10.1. The topological polar surface area (TPSA) is 29.3 Å². The second-order valence-electron chi connectivity index (χ2n) is 4.03. The van der Waals surface area contributed by atoms with E-state index in [1.165, 1.54) is 24.0 Å². The molecule has 0 saturated carbocycles. The molecule has 0 radical (unpaired) electrons. The van der Waals surface area contributed by atoms with Crippen LogP contribution in [-0.4, -0.2) is 20.9 Å². The van der Waals surface area contributed by atoms with Crippen LogP contribution in [0.4, 0.5) is 11.4 Å². The Labute approximate surface area is 93.9 Å². The summed E-state index contributed by atoms with van der Waals surface area (Å²) >= 11 is 0. The minimum atomic E-state index is 0.851. The Kier molecular flexibility index (Phi) is 4.54. The zero-order valence-corrected chi connectivity index (χ0v) is 10.1. The summed E-state index contributed by atoms with van der Waals surface area (Å²) in [5, 5.41) is 0. The third-order valence-electron chi connectivity index (χ3n) is 2.55. The summed E-state index contributed by atoms with van der Waals surface area (Å²) in [5.74, 6) is 0. The smallest absolute Gasteiger partial charge is 0.142 e. The number of hydrogen-bond acceptors (Lipinski definition) is 2. The molecular weight excluding hydrogens is 183 g/mol. The first kappa shape index (κ1) is 12.0. The van der Waals surface area contributed by atoms with Crippen LogP contribution in [0.2, 0.25) is 0 Å². The summed E-state index contributed by atoms with van der Waals surface area (Å²) in [6, 6.07) is 6.17. The lowest BCUT2D eigenvalue weighted by Gasteiger charge is -2.26. The van der Waals surface area contributed by atoms with E-state index in [2.05, 4.69) is 32.7 Å².